The average Bonchev–Trinajstić information content (AvgIpc) is 2.64. The molecular formula is C11H17NO4S. The first-order valence-electron chi connectivity index (χ1n) is 5.17. The van der Waals surface area contributed by atoms with Gasteiger partial charge in [-0.15, -0.1) is 0 Å². The smallest absolute Gasteiger partial charge is 0.265 e. The van der Waals surface area contributed by atoms with Gasteiger partial charge >= 0.3 is 0 Å². The number of carbonyl (C=O) groups is 1. The van der Waals surface area contributed by atoms with E-state index in [1.54, 1.807) is 32.2 Å². The Bertz CT molecular complexity index is 488. The van der Waals surface area contributed by atoms with Crippen molar-refractivity contribution in [3.05, 3.63) is 24.0 Å². The number of hydrogen-bond donors (Lipinski definition) is 1. The fourth-order valence-corrected chi connectivity index (χ4v) is 2.12. The number of nitrogens with one attached hydrogen (secondary N) is 1. The highest BCUT2D eigenvalue weighted by Crippen LogP contribution is 2.37. The second kappa shape index (κ2) is 4.62. The molecule has 0 aliphatic carbocycles. The number of H-pyrrole nitrogens is 1. The summed E-state index contributed by atoms with van der Waals surface area (Å²) in [5, 5.41) is 0. The molecule has 0 radical (unpaired) electrons. The van der Waals surface area contributed by atoms with E-state index >= 15 is 0 Å². The lowest BCUT2D eigenvalue weighted by atomic mass is 9.81. The molecule has 1 atom stereocenters. The molecule has 1 aromatic heterocycles. The van der Waals surface area contributed by atoms with Crippen LogP contribution in [0.2, 0.25) is 0 Å². The minimum absolute atomic E-state index is 0.138. The van der Waals surface area contributed by atoms with Gasteiger partial charge in [-0.2, -0.15) is 8.42 Å². The van der Waals surface area contributed by atoms with Crippen molar-refractivity contribution in [2.75, 3.05) is 6.26 Å². The number of Topliss-reactive ketones (excluding diaryl/α,β-unsaturated/α-hetero) is 1. The molecule has 0 amide bonds. The van der Waals surface area contributed by atoms with Crippen molar-refractivity contribution in [3.8, 4) is 0 Å². The van der Waals surface area contributed by atoms with Gasteiger partial charge in [-0.05, 0) is 32.9 Å². The Morgan fingerprint density at radius 1 is 1.47 bits per heavy atom. The molecule has 1 rings (SSSR count). The number of aromatic nitrogens is 1. The number of aromatic amines is 1. The molecule has 0 spiro atoms. The molecule has 0 saturated carbocycles. The largest absolute Gasteiger partial charge is 0.363 e. The molecule has 5 nitrogen and oxygen atoms in total. The number of carbonyl (C=O) groups excluding carboxylic acids is 1. The van der Waals surface area contributed by atoms with Gasteiger partial charge in [0.25, 0.3) is 10.1 Å². The van der Waals surface area contributed by atoms with Crippen molar-refractivity contribution in [1.29, 1.82) is 0 Å². The van der Waals surface area contributed by atoms with Crippen LogP contribution in [0, 0.1) is 5.41 Å². The molecule has 0 bridgehead atoms. The number of rotatable bonds is 5. The van der Waals surface area contributed by atoms with E-state index in [1.807, 2.05) is 0 Å². The summed E-state index contributed by atoms with van der Waals surface area (Å²) in [7, 11) is -3.64. The van der Waals surface area contributed by atoms with Crippen LogP contribution < -0.4 is 0 Å². The highest BCUT2D eigenvalue weighted by molar-refractivity contribution is 7.86. The van der Waals surface area contributed by atoms with Gasteiger partial charge in [0.1, 0.15) is 11.9 Å². The highest BCUT2D eigenvalue weighted by atomic mass is 32.2. The van der Waals surface area contributed by atoms with Gasteiger partial charge in [-0.25, -0.2) is 0 Å². The highest BCUT2D eigenvalue weighted by Gasteiger charge is 2.39. The third-order valence-corrected chi connectivity index (χ3v) is 3.28. The summed E-state index contributed by atoms with van der Waals surface area (Å²) < 4.78 is 27.5. The Morgan fingerprint density at radius 2 is 2.06 bits per heavy atom. The van der Waals surface area contributed by atoms with Gasteiger partial charge in [0.05, 0.1) is 11.7 Å². The Labute approximate surface area is 101 Å². The van der Waals surface area contributed by atoms with E-state index in [1.165, 1.54) is 6.92 Å². The second-order valence-electron chi connectivity index (χ2n) is 4.58. The van der Waals surface area contributed by atoms with E-state index in [2.05, 4.69) is 4.98 Å². The SMILES string of the molecule is CC(=O)C(C)(C)C(OS(C)(=O)=O)c1ccc[nH]1. The Kier molecular flexibility index (Phi) is 3.78. The van der Waals surface area contributed by atoms with Gasteiger partial charge in [0.2, 0.25) is 0 Å². The van der Waals surface area contributed by atoms with E-state index in [9.17, 15) is 13.2 Å². The summed E-state index contributed by atoms with van der Waals surface area (Å²) in [6, 6.07) is 3.42. The lowest BCUT2D eigenvalue weighted by Gasteiger charge is -2.30. The van der Waals surface area contributed by atoms with Crippen LogP contribution in [0.15, 0.2) is 18.3 Å². The molecular weight excluding hydrogens is 242 g/mol. The predicted molar refractivity (Wildman–Crippen MR) is 63.9 cm³/mol. The molecule has 1 heterocycles. The fraction of sp³-hybridized carbons (Fsp3) is 0.545. The van der Waals surface area contributed by atoms with Crippen LogP contribution in [0.3, 0.4) is 0 Å². The fourth-order valence-electron chi connectivity index (χ4n) is 1.43. The third kappa shape index (κ3) is 3.41. The standard InChI is InChI=1S/C11H17NO4S/c1-8(13)11(2,3)10(16-17(4,14)15)9-6-5-7-12-9/h5-7,10,12H,1-4H3. The summed E-state index contributed by atoms with van der Waals surface area (Å²) in [5.74, 6) is -0.138. The van der Waals surface area contributed by atoms with Crippen molar-refractivity contribution < 1.29 is 17.4 Å². The maximum atomic E-state index is 11.6. The van der Waals surface area contributed by atoms with Gasteiger partial charge < -0.3 is 4.98 Å². The van der Waals surface area contributed by atoms with Gasteiger partial charge in [0, 0.05) is 11.9 Å². The molecule has 0 saturated heterocycles. The summed E-state index contributed by atoms with van der Waals surface area (Å²) in [5.41, 5.74) is -0.357. The van der Waals surface area contributed by atoms with Crippen molar-refractivity contribution in [2.45, 2.75) is 26.9 Å². The minimum Gasteiger partial charge on any atom is -0.363 e. The second-order valence-corrected chi connectivity index (χ2v) is 6.18. The van der Waals surface area contributed by atoms with E-state index in [0.717, 1.165) is 6.26 Å². The summed E-state index contributed by atoms with van der Waals surface area (Å²) in [6.07, 6.45) is 1.79. The topological polar surface area (TPSA) is 76.2 Å². The van der Waals surface area contributed by atoms with Crippen LogP contribution in [0.4, 0.5) is 0 Å². The molecule has 6 heteroatoms. The first-order valence-corrected chi connectivity index (χ1v) is 6.99. The van der Waals surface area contributed by atoms with Crippen molar-refractivity contribution in [1.82, 2.24) is 4.98 Å². The van der Waals surface area contributed by atoms with Gasteiger partial charge in [-0.3, -0.25) is 8.98 Å². The Morgan fingerprint density at radius 3 is 2.41 bits per heavy atom. The van der Waals surface area contributed by atoms with Crippen LogP contribution in [-0.2, 0) is 19.1 Å². The Balaban J connectivity index is 3.17. The molecule has 1 aromatic rings. The van der Waals surface area contributed by atoms with Gasteiger partial charge in [-0.1, -0.05) is 0 Å². The maximum absolute atomic E-state index is 11.6. The van der Waals surface area contributed by atoms with E-state index < -0.39 is 21.6 Å². The lowest BCUT2D eigenvalue weighted by Crippen LogP contribution is -2.33. The van der Waals surface area contributed by atoms with Gasteiger partial charge in [0.15, 0.2) is 0 Å². The van der Waals surface area contributed by atoms with Crippen molar-refractivity contribution in [3.63, 3.8) is 0 Å². The van der Waals surface area contributed by atoms with Crippen LogP contribution in [0.25, 0.3) is 0 Å². The van der Waals surface area contributed by atoms with E-state index in [-0.39, 0.29) is 5.78 Å². The van der Waals surface area contributed by atoms with Crippen LogP contribution >= 0.6 is 0 Å². The van der Waals surface area contributed by atoms with E-state index in [0.29, 0.717) is 5.69 Å². The van der Waals surface area contributed by atoms with Crippen LogP contribution in [-0.4, -0.2) is 25.4 Å². The predicted octanol–water partition coefficient (Wildman–Crippen LogP) is 1.65. The van der Waals surface area contributed by atoms with Crippen molar-refractivity contribution >= 4 is 15.9 Å². The summed E-state index contributed by atoms with van der Waals surface area (Å²) in [4.78, 5) is 14.5. The number of ketones is 1. The van der Waals surface area contributed by atoms with Crippen LogP contribution in [0.5, 0.6) is 0 Å². The maximum Gasteiger partial charge on any atom is 0.265 e. The van der Waals surface area contributed by atoms with E-state index in [4.69, 9.17) is 4.18 Å². The Hall–Kier alpha value is -1.14. The third-order valence-electron chi connectivity index (χ3n) is 2.74. The van der Waals surface area contributed by atoms with Crippen molar-refractivity contribution in [2.24, 2.45) is 5.41 Å². The molecule has 17 heavy (non-hydrogen) atoms. The molecule has 0 aromatic carbocycles. The lowest BCUT2D eigenvalue weighted by molar-refractivity contribution is -0.129. The summed E-state index contributed by atoms with van der Waals surface area (Å²) in [6.45, 7) is 4.74. The first kappa shape index (κ1) is 13.9. The monoisotopic (exact) mass is 259 g/mol. The molecule has 0 fully saturated rings. The zero-order chi connectivity index (χ0) is 13.3. The van der Waals surface area contributed by atoms with Crippen LogP contribution in [0.1, 0.15) is 32.6 Å². The number of hydrogen-bond acceptors (Lipinski definition) is 4. The minimum atomic E-state index is -3.64. The molecule has 0 aliphatic heterocycles. The molecule has 0 aliphatic rings. The average molecular weight is 259 g/mol. The first-order chi connectivity index (χ1) is 7.64. The molecule has 96 valence electrons. The normalized spacial score (nSPS) is 14.6. The molecule has 1 unspecified atom stereocenters. The zero-order valence-electron chi connectivity index (χ0n) is 10.4. The summed E-state index contributed by atoms with van der Waals surface area (Å²) >= 11 is 0. The molecule has 1 N–H and O–H groups in total. The zero-order valence-corrected chi connectivity index (χ0v) is 11.2. The quantitative estimate of drug-likeness (QED) is 0.816.